The van der Waals surface area contributed by atoms with Crippen molar-refractivity contribution >= 4 is 65.6 Å². The lowest BCUT2D eigenvalue weighted by Crippen LogP contribution is -2.14. The quantitative estimate of drug-likeness (QED) is 0.173. The normalized spacial score (nSPS) is 13.1. The summed E-state index contributed by atoms with van der Waals surface area (Å²) < 4.78 is 11.0. The Morgan fingerprint density at radius 2 is 0.985 bits per heavy atom. The van der Waals surface area contributed by atoms with Gasteiger partial charge in [0.15, 0.2) is 11.6 Å². The Labute approximate surface area is 379 Å². The van der Waals surface area contributed by atoms with Crippen molar-refractivity contribution in [1.82, 2.24) is 24.1 Å². The fraction of sp³-hybridized carbons (Fsp3) is 0.0500. The average Bonchev–Trinajstić information content (AvgIpc) is 4.08. The van der Waals surface area contributed by atoms with Crippen LogP contribution < -0.4 is 0 Å². The van der Waals surface area contributed by atoms with Gasteiger partial charge in [-0.3, -0.25) is 4.57 Å². The van der Waals surface area contributed by atoms with Gasteiger partial charge in [-0.15, -0.1) is 0 Å². The van der Waals surface area contributed by atoms with Gasteiger partial charge in [0, 0.05) is 54.5 Å². The van der Waals surface area contributed by atoms with Crippen LogP contribution in [-0.2, 0) is 5.41 Å². The zero-order chi connectivity index (χ0) is 43.7. The molecule has 0 radical (unpaired) electrons. The van der Waals surface area contributed by atoms with Gasteiger partial charge >= 0.3 is 0 Å². The standard InChI is InChI=1S/C60H39N5O/c1-60(2)49-23-10-6-19-41(49)46-34-48-43-21-7-11-24-51(43)64(54(48)35-50(46)60)40-18-14-17-38(31-40)57-61-58(39-27-29-45-44-22-9-13-26-55(44)66-56(45)33-39)63-59(62-57)65-52-25-12-8-20-42(52)47-32-37(28-30-53(47)65)36-15-4-3-5-16-36/h3-35H,1-2H3. The van der Waals surface area contributed by atoms with E-state index >= 15 is 0 Å². The second-order valence-electron chi connectivity index (χ2n) is 18.0. The average molecular weight is 846 g/mol. The molecule has 6 heteroatoms. The first-order valence-corrected chi connectivity index (χ1v) is 22.5. The summed E-state index contributed by atoms with van der Waals surface area (Å²) >= 11 is 0. The highest BCUT2D eigenvalue weighted by Gasteiger charge is 2.36. The third kappa shape index (κ3) is 5.33. The number of benzene rings is 9. The molecule has 4 heterocycles. The smallest absolute Gasteiger partial charge is 0.238 e. The number of hydrogen-bond acceptors (Lipinski definition) is 4. The van der Waals surface area contributed by atoms with Gasteiger partial charge in [0.2, 0.25) is 5.95 Å². The number of hydrogen-bond donors (Lipinski definition) is 0. The summed E-state index contributed by atoms with van der Waals surface area (Å²) in [6.07, 6.45) is 0. The van der Waals surface area contributed by atoms with Crippen LogP contribution in [0.15, 0.2) is 205 Å². The number of aromatic nitrogens is 5. The first-order valence-electron chi connectivity index (χ1n) is 22.5. The number of furan rings is 1. The molecule has 0 aliphatic heterocycles. The lowest BCUT2D eigenvalue weighted by Gasteiger charge is -2.21. The fourth-order valence-electron chi connectivity index (χ4n) is 10.8. The summed E-state index contributed by atoms with van der Waals surface area (Å²) in [5.41, 5.74) is 16.3. The lowest BCUT2D eigenvalue weighted by molar-refractivity contribution is 0.661. The molecule has 13 aromatic rings. The van der Waals surface area contributed by atoms with Crippen LogP contribution >= 0.6 is 0 Å². The summed E-state index contributed by atoms with van der Waals surface area (Å²) in [7, 11) is 0. The van der Waals surface area contributed by atoms with Crippen LogP contribution in [0.25, 0.3) is 122 Å². The summed E-state index contributed by atoms with van der Waals surface area (Å²) in [4.78, 5) is 16.0. The molecule has 6 nitrogen and oxygen atoms in total. The van der Waals surface area contributed by atoms with Crippen LogP contribution in [0.5, 0.6) is 0 Å². The van der Waals surface area contributed by atoms with Crippen molar-refractivity contribution < 1.29 is 4.42 Å². The molecule has 310 valence electrons. The van der Waals surface area contributed by atoms with Crippen molar-refractivity contribution in [3.05, 3.63) is 211 Å². The Hall–Kier alpha value is -8.61. The minimum atomic E-state index is -0.137. The summed E-state index contributed by atoms with van der Waals surface area (Å²) in [5, 5.41) is 6.84. The van der Waals surface area contributed by atoms with Crippen molar-refractivity contribution in [3.8, 4) is 56.7 Å². The number of rotatable bonds is 5. The Balaban J connectivity index is 0.992. The molecular weight excluding hydrogens is 807 g/mol. The van der Waals surface area contributed by atoms with Gasteiger partial charge in [0.25, 0.3) is 0 Å². The molecule has 9 aromatic carbocycles. The monoisotopic (exact) mass is 845 g/mol. The van der Waals surface area contributed by atoms with Crippen LogP contribution in [0.2, 0.25) is 0 Å². The van der Waals surface area contributed by atoms with Crippen LogP contribution in [-0.4, -0.2) is 24.1 Å². The second-order valence-corrected chi connectivity index (χ2v) is 18.0. The Morgan fingerprint density at radius 3 is 1.80 bits per heavy atom. The molecule has 0 amide bonds. The maximum absolute atomic E-state index is 6.40. The Morgan fingerprint density at radius 1 is 0.364 bits per heavy atom. The van der Waals surface area contributed by atoms with Crippen molar-refractivity contribution in [2.75, 3.05) is 0 Å². The van der Waals surface area contributed by atoms with Crippen molar-refractivity contribution in [2.24, 2.45) is 0 Å². The molecule has 1 aliphatic carbocycles. The van der Waals surface area contributed by atoms with E-state index in [0.29, 0.717) is 17.6 Å². The van der Waals surface area contributed by atoms with Crippen LogP contribution in [0.3, 0.4) is 0 Å². The van der Waals surface area contributed by atoms with Gasteiger partial charge in [0.05, 0.1) is 22.1 Å². The second kappa shape index (κ2) is 13.7. The van der Waals surface area contributed by atoms with E-state index in [-0.39, 0.29) is 5.41 Å². The molecule has 66 heavy (non-hydrogen) atoms. The molecule has 0 unspecified atom stereocenters. The third-order valence-electron chi connectivity index (χ3n) is 14.0. The van der Waals surface area contributed by atoms with E-state index in [1.54, 1.807) is 0 Å². The third-order valence-corrected chi connectivity index (χ3v) is 14.0. The predicted molar refractivity (Wildman–Crippen MR) is 270 cm³/mol. The summed E-state index contributed by atoms with van der Waals surface area (Å²) in [6, 6.07) is 71.3. The van der Waals surface area contributed by atoms with Gasteiger partial charge in [-0.05, 0) is 100 Å². The summed E-state index contributed by atoms with van der Waals surface area (Å²) in [5.74, 6) is 1.67. The van der Waals surface area contributed by atoms with Crippen LogP contribution in [0, 0.1) is 0 Å². The maximum atomic E-state index is 6.40. The lowest BCUT2D eigenvalue weighted by atomic mass is 9.82. The molecule has 0 spiro atoms. The molecule has 14 rings (SSSR count). The first-order chi connectivity index (χ1) is 32.5. The van der Waals surface area contributed by atoms with Crippen molar-refractivity contribution in [3.63, 3.8) is 0 Å². The molecule has 0 fully saturated rings. The molecule has 0 saturated carbocycles. The molecule has 1 aliphatic rings. The number of para-hydroxylation sites is 3. The van der Waals surface area contributed by atoms with E-state index in [2.05, 4.69) is 205 Å². The van der Waals surface area contributed by atoms with Gasteiger partial charge in [-0.25, -0.2) is 4.98 Å². The van der Waals surface area contributed by atoms with E-state index < -0.39 is 0 Å². The minimum absolute atomic E-state index is 0.137. The summed E-state index contributed by atoms with van der Waals surface area (Å²) in [6.45, 7) is 4.69. The zero-order valence-electron chi connectivity index (χ0n) is 36.2. The minimum Gasteiger partial charge on any atom is -0.456 e. The fourth-order valence-corrected chi connectivity index (χ4v) is 10.8. The number of fused-ring (bicyclic) bond motifs is 12. The topological polar surface area (TPSA) is 61.7 Å². The predicted octanol–water partition coefficient (Wildman–Crippen LogP) is 15.3. The SMILES string of the molecule is CC1(C)c2ccccc2-c2cc3c4ccccc4n(-c4cccc(-c5nc(-c6ccc7c(c6)oc6ccccc67)nc(-n6c7ccccc7c7cc(-c8ccccc8)ccc76)n5)c4)c3cc21. The first kappa shape index (κ1) is 36.8. The zero-order valence-corrected chi connectivity index (χ0v) is 36.2. The highest BCUT2D eigenvalue weighted by atomic mass is 16.3. The highest BCUT2D eigenvalue weighted by molar-refractivity contribution is 6.12. The van der Waals surface area contributed by atoms with E-state index in [4.69, 9.17) is 19.4 Å². The molecule has 0 N–H and O–H groups in total. The van der Waals surface area contributed by atoms with Gasteiger partial charge in [-0.1, -0.05) is 147 Å². The molecule has 0 atom stereocenters. The van der Waals surface area contributed by atoms with E-state index in [9.17, 15) is 0 Å². The van der Waals surface area contributed by atoms with Crippen molar-refractivity contribution in [2.45, 2.75) is 19.3 Å². The van der Waals surface area contributed by atoms with Crippen LogP contribution in [0.4, 0.5) is 0 Å². The largest absolute Gasteiger partial charge is 0.456 e. The Kier molecular flexibility index (Phi) is 7.64. The van der Waals surface area contributed by atoms with E-state index in [1.165, 1.54) is 44.1 Å². The van der Waals surface area contributed by atoms with Gasteiger partial charge < -0.3 is 8.98 Å². The number of nitrogens with zero attached hydrogens (tertiary/aromatic N) is 5. The molecule has 4 aromatic heterocycles. The van der Waals surface area contributed by atoms with Gasteiger partial charge in [0.1, 0.15) is 11.2 Å². The Bertz CT molecular complexity index is 4150. The van der Waals surface area contributed by atoms with E-state index in [0.717, 1.165) is 71.6 Å². The highest BCUT2D eigenvalue weighted by Crippen LogP contribution is 2.51. The van der Waals surface area contributed by atoms with E-state index in [1.807, 2.05) is 18.2 Å². The van der Waals surface area contributed by atoms with Crippen LogP contribution in [0.1, 0.15) is 25.0 Å². The maximum Gasteiger partial charge on any atom is 0.238 e. The van der Waals surface area contributed by atoms with Crippen molar-refractivity contribution in [1.29, 1.82) is 0 Å². The molecule has 0 bridgehead atoms. The molecule has 0 saturated heterocycles. The molecular formula is C60H39N5O. The van der Waals surface area contributed by atoms with Gasteiger partial charge in [-0.2, -0.15) is 9.97 Å².